The third-order valence-electron chi connectivity index (χ3n) is 3.28. The average molecular weight is 349 g/mol. The van der Waals surface area contributed by atoms with Crippen LogP contribution in [0.4, 0.5) is 4.39 Å². The number of thiol groups is 1. The highest BCUT2D eigenvalue weighted by Gasteiger charge is 2.27. The minimum absolute atomic E-state index is 0.0887. The lowest BCUT2D eigenvalue weighted by Crippen LogP contribution is -2.30. The van der Waals surface area contributed by atoms with E-state index in [1.807, 2.05) is 0 Å². The van der Waals surface area contributed by atoms with Gasteiger partial charge in [0.05, 0.1) is 6.61 Å². The lowest BCUT2D eigenvalue weighted by atomic mass is 9.82. The highest BCUT2D eigenvalue weighted by Crippen LogP contribution is 2.32. The van der Waals surface area contributed by atoms with Gasteiger partial charge in [-0.15, -0.1) is 0 Å². The molecule has 1 aromatic rings. The first-order valence-electron chi connectivity index (χ1n) is 6.75. The van der Waals surface area contributed by atoms with Gasteiger partial charge in [0, 0.05) is 16.0 Å². The number of halogens is 2. The Kier molecular flexibility index (Phi) is 7.22. The predicted octanol–water partition coefficient (Wildman–Crippen LogP) is 5.48. The van der Waals surface area contributed by atoms with E-state index in [0.29, 0.717) is 16.8 Å². The van der Waals surface area contributed by atoms with E-state index in [2.05, 4.69) is 42.4 Å². The summed E-state index contributed by atoms with van der Waals surface area (Å²) < 4.78 is 19.8. The molecule has 1 nitrogen and oxygen atoms in total. The van der Waals surface area contributed by atoms with Crippen molar-refractivity contribution in [1.29, 1.82) is 0 Å². The Bertz CT molecular complexity index is 371. The minimum atomic E-state index is -0.285. The molecule has 0 saturated heterocycles. The lowest BCUT2D eigenvalue weighted by molar-refractivity contribution is 0.143. The molecule has 19 heavy (non-hydrogen) atoms. The molecule has 0 aliphatic carbocycles. The summed E-state index contributed by atoms with van der Waals surface area (Å²) in [5.74, 6) is 1.09. The Hall–Kier alpha value is -0.220. The molecule has 0 N–H and O–H groups in total. The van der Waals surface area contributed by atoms with Crippen LogP contribution in [0, 0.1) is 11.2 Å². The molecule has 108 valence electrons. The van der Waals surface area contributed by atoms with Crippen LogP contribution in [-0.2, 0) is 0 Å². The smallest absolute Gasteiger partial charge is 0.128 e. The maximum Gasteiger partial charge on any atom is 0.128 e. The average Bonchev–Trinajstić information content (AvgIpc) is 2.35. The maximum absolute atomic E-state index is 13.3. The molecule has 0 bridgehead atoms. The highest BCUT2D eigenvalue weighted by molar-refractivity contribution is 9.10. The number of rotatable bonds is 8. The van der Waals surface area contributed by atoms with Crippen molar-refractivity contribution < 1.29 is 9.13 Å². The SMILES string of the molecule is CCCC(CS)(CCC)COc1cc(F)cc(Br)c1. The van der Waals surface area contributed by atoms with Gasteiger partial charge in [-0.25, -0.2) is 4.39 Å². The molecule has 0 aromatic heterocycles. The summed E-state index contributed by atoms with van der Waals surface area (Å²) in [6.45, 7) is 4.94. The van der Waals surface area contributed by atoms with E-state index in [1.54, 1.807) is 6.07 Å². The van der Waals surface area contributed by atoms with Crippen molar-refractivity contribution in [2.45, 2.75) is 39.5 Å². The fourth-order valence-corrected chi connectivity index (χ4v) is 3.23. The van der Waals surface area contributed by atoms with Crippen molar-refractivity contribution >= 4 is 28.6 Å². The fourth-order valence-electron chi connectivity index (χ4n) is 2.38. The summed E-state index contributed by atoms with van der Waals surface area (Å²) in [6.07, 6.45) is 4.38. The number of hydrogen-bond acceptors (Lipinski definition) is 2. The van der Waals surface area contributed by atoms with Crippen LogP contribution in [0.5, 0.6) is 5.75 Å². The second kappa shape index (κ2) is 8.15. The topological polar surface area (TPSA) is 9.23 Å². The third-order valence-corrected chi connectivity index (χ3v) is 4.41. The van der Waals surface area contributed by atoms with E-state index in [4.69, 9.17) is 4.74 Å². The Morgan fingerprint density at radius 3 is 2.32 bits per heavy atom. The molecule has 0 aliphatic heterocycles. The van der Waals surface area contributed by atoms with Crippen molar-refractivity contribution in [2.24, 2.45) is 5.41 Å². The Morgan fingerprint density at radius 2 is 1.84 bits per heavy atom. The van der Waals surface area contributed by atoms with Gasteiger partial charge in [-0.2, -0.15) is 12.6 Å². The predicted molar refractivity (Wildman–Crippen MR) is 85.7 cm³/mol. The zero-order valence-corrected chi connectivity index (χ0v) is 14.1. The monoisotopic (exact) mass is 348 g/mol. The number of ether oxygens (including phenoxy) is 1. The first kappa shape index (κ1) is 16.8. The van der Waals surface area contributed by atoms with Crippen molar-refractivity contribution in [3.8, 4) is 5.75 Å². The summed E-state index contributed by atoms with van der Waals surface area (Å²) in [5.41, 5.74) is 0.0887. The van der Waals surface area contributed by atoms with Gasteiger partial charge in [0.25, 0.3) is 0 Å². The molecule has 0 heterocycles. The van der Waals surface area contributed by atoms with Gasteiger partial charge in [0.2, 0.25) is 0 Å². The van der Waals surface area contributed by atoms with E-state index in [0.717, 1.165) is 31.4 Å². The van der Waals surface area contributed by atoms with Crippen LogP contribution in [0.1, 0.15) is 39.5 Å². The van der Waals surface area contributed by atoms with Crippen LogP contribution in [0.25, 0.3) is 0 Å². The maximum atomic E-state index is 13.3. The van der Waals surface area contributed by atoms with Gasteiger partial charge in [-0.3, -0.25) is 0 Å². The molecule has 0 amide bonds. The van der Waals surface area contributed by atoms with Crippen LogP contribution in [0.15, 0.2) is 22.7 Å². The Labute approximate surface area is 129 Å². The van der Waals surface area contributed by atoms with Gasteiger partial charge in [0.1, 0.15) is 11.6 Å². The van der Waals surface area contributed by atoms with Crippen molar-refractivity contribution in [3.05, 3.63) is 28.5 Å². The molecule has 0 saturated carbocycles. The van der Waals surface area contributed by atoms with Crippen LogP contribution in [0.2, 0.25) is 0 Å². The fraction of sp³-hybridized carbons (Fsp3) is 0.600. The van der Waals surface area contributed by atoms with Crippen molar-refractivity contribution in [3.63, 3.8) is 0 Å². The second-order valence-corrected chi connectivity index (χ2v) is 6.28. The van der Waals surface area contributed by atoms with E-state index in [-0.39, 0.29) is 11.2 Å². The van der Waals surface area contributed by atoms with Crippen LogP contribution < -0.4 is 4.74 Å². The van der Waals surface area contributed by atoms with Crippen LogP contribution in [-0.4, -0.2) is 12.4 Å². The molecule has 0 atom stereocenters. The minimum Gasteiger partial charge on any atom is -0.493 e. The molecular formula is C15H22BrFOS. The van der Waals surface area contributed by atoms with Gasteiger partial charge < -0.3 is 4.74 Å². The van der Waals surface area contributed by atoms with Gasteiger partial charge in [0.15, 0.2) is 0 Å². The van der Waals surface area contributed by atoms with E-state index < -0.39 is 0 Å². The van der Waals surface area contributed by atoms with E-state index in [9.17, 15) is 4.39 Å². The van der Waals surface area contributed by atoms with Crippen molar-refractivity contribution in [2.75, 3.05) is 12.4 Å². The summed E-state index contributed by atoms with van der Waals surface area (Å²) in [6, 6.07) is 4.65. The quantitative estimate of drug-likeness (QED) is 0.611. The largest absolute Gasteiger partial charge is 0.493 e. The molecular weight excluding hydrogens is 327 g/mol. The van der Waals surface area contributed by atoms with Crippen LogP contribution >= 0.6 is 28.6 Å². The molecule has 4 heteroatoms. The molecule has 1 aromatic carbocycles. The van der Waals surface area contributed by atoms with Crippen molar-refractivity contribution in [1.82, 2.24) is 0 Å². The summed E-state index contributed by atoms with van der Waals surface area (Å²) in [5, 5.41) is 0. The Balaban J connectivity index is 2.74. The Morgan fingerprint density at radius 1 is 1.21 bits per heavy atom. The van der Waals surface area contributed by atoms with Gasteiger partial charge in [-0.05, 0) is 30.7 Å². The van der Waals surface area contributed by atoms with E-state index in [1.165, 1.54) is 12.1 Å². The summed E-state index contributed by atoms with van der Waals surface area (Å²) >= 11 is 7.77. The molecule has 0 aliphatic rings. The summed E-state index contributed by atoms with van der Waals surface area (Å²) in [7, 11) is 0. The van der Waals surface area contributed by atoms with Gasteiger partial charge >= 0.3 is 0 Å². The second-order valence-electron chi connectivity index (χ2n) is 5.05. The molecule has 0 unspecified atom stereocenters. The first-order chi connectivity index (χ1) is 9.05. The lowest BCUT2D eigenvalue weighted by Gasteiger charge is -2.31. The molecule has 0 fully saturated rings. The standard InChI is InChI=1S/C15H22BrFOS/c1-3-5-15(11-19,6-4-2)10-18-14-8-12(16)7-13(17)9-14/h7-9,19H,3-6,10-11H2,1-2H3. The third kappa shape index (κ3) is 5.35. The number of benzene rings is 1. The highest BCUT2D eigenvalue weighted by atomic mass is 79.9. The molecule has 1 rings (SSSR count). The molecule has 0 spiro atoms. The van der Waals surface area contributed by atoms with E-state index >= 15 is 0 Å². The zero-order chi connectivity index (χ0) is 14.3. The van der Waals surface area contributed by atoms with Crippen LogP contribution in [0.3, 0.4) is 0 Å². The van der Waals surface area contributed by atoms with Gasteiger partial charge in [-0.1, -0.05) is 42.6 Å². The normalized spacial score (nSPS) is 11.6. The molecule has 0 radical (unpaired) electrons. The first-order valence-corrected chi connectivity index (χ1v) is 8.17. The zero-order valence-electron chi connectivity index (χ0n) is 11.6. The summed E-state index contributed by atoms with van der Waals surface area (Å²) in [4.78, 5) is 0. The number of hydrogen-bond donors (Lipinski definition) is 1.